The van der Waals surface area contributed by atoms with Gasteiger partial charge >= 0.3 is 5.97 Å². The first-order valence-electron chi connectivity index (χ1n) is 8.63. The van der Waals surface area contributed by atoms with Gasteiger partial charge in [-0.2, -0.15) is 4.31 Å². The van der Waals surface area contributed by atoms with Gasteiger partial charge in [0, 0.05) is 18.7 Å². The summed E-state index contributed by atoms with van der Waals surface area (Å²) < 4.78 is 31.7. The standard InChI is InChI=1S/C19H19ClN2O5S/c1-27-19(24)14-6-2-3-7-16(14)21-18(23)13-8-9-15(20)17(12-13)28(25,26)22-10-4-5-11-22/h2-3,6-9,12H,4-5,10-11H2,1H3,(H,21,23). The molecule has 28 heavy (non-hydrogen) atoms. The Balaban J connectivity index is 1.91. The lowest BCUT2D eigenvalue weighted by Crippen LogP contribution is -2.28. The van der Waals surface area contributed by atoms with Crippen LogP contribution < -0.4 is 5.32 Å². The van der Waals surface area contributed by atoms with Crippen LogP contribution in [-0.4, -0.2) is 44.8 Å². The minimum atomic E-state index is -3.78. The van der Waals surface area contributed by atoms with Gasteiger partial charge in [0.25, 0.3) is 5.91 Å². The molecule has 1 aliphatic rings. The van der Waals surface area contributed by atoms with Crippen molar-refractivity contribution in [2.45, 2.75) is 17.7 Å². The third kappa shape index (κ3) is 4.04. The van der Waals surface area contributed by atoms with Gasteiger partial charge in [0.15, 0.2) is 0 Å². The highest BCUT2D eigenvalue weighted by molar-refractivity contribution is 7.89. The van der Waals surface area contributed by atoms with Crippen molar-refractivity contribution in [1.82, 2.24) is 4.31 Å². The van der Waals surface area contributed by atoms with E-state index in [0.717, 1.165) is 12.8 Å². The van der Waals surface area contributed by atoms with Gasteiger partial charge in [-0.15, -0.1) is 0 Å². The Hall–Kier alpha value is -2.42. The Morgan fingerprint density at radius 2 is 1.79 bits per heavy atom. The summed E-state index contributed by atoms with van der Waals surface area (Å²) in [5, 5.41) is 2.67. The molecule has 1 saturated heterocycles. The Morgan fingerprint density at radius 1 is 1.11 bits per heavy atom. The fourth-order valence-electron chi connectivity index (χ4n) is 2.98. The second-order valence-electron chi connectivity index (χ2n) is 6.25. The lowest BCUT2D eigenvalue weighted by molar-refractivity contribution is 0.0602. The number of carbonyl (C=O) groups excluding carboxylic acids is 2. The highest BCUT2D eigenvalue weighted by Crippen LogP contribution is 2.28. The van der Waals surface area contributed by atoms with E-state index in [1.807, 2.05) is 0 Å². The second-order valence-corrected chi connectivity index (χ2v) is 8.56. The summed E-state index contributed by atoms with van der Waals surface area (Å²) in [4.78, 5) is 24.4. The largest absolute Gasteiger partial charge is 0.465 e. The number of nitrogens with one attached hydrogen (secondary N) is 1. The van der Waals surface area contributed by atoms with Gasteiger partial charge < -0.3 is 10.1 Å². The van der Waals surface area contributed by atoms with Crippen LogP contribution in [0.2, 0.25) is 5.02 Å². The van der Waals surface area contributed by atoms with E-state index in [0.29, 0.717) is 13.1 Å². The lowest BCUT2D eigenvalue weighted by atomic mass is 10.1. The number of methoxy groups -OCH3 is 1. The van der Waals surface area contributed by atoms with Gasteiger partial charge in [0.05, 0.1) is 23.4 Å². The number of hydrogen-bond donors (Lipinski definition) is 1. The van der Waals surface area contributed by atoms with Crippen LogP contribution in [0.15, 0.2) is 47.4 Å². The highest BCUT2D eigenvalue weighted by atomic mass is 35.5. The molecule has 0 spiro atoms. The molecule has 0 aliphatic carbocycles. The summed E-state index contributed by atoms with van der Waals surface area (Å²) in [6, 6.07) is 10.5. The summed E-state index contributed by atoms with van der Waals surface area (Å²) in [6.07, 6.45) is 1.59. The maximum atomic E-state index is 12.8. The van der Waals surface area contributed by atoms with E-state index in [1.54, 1.807) is 18.2 Å². The molecular weight excluding hydrogens is 404 g/mol. The van der Waals surface area contributed by atoms with Crippen LogP contribution in [0.1, 0.15) is 33.6 Å². The van der Waals surface area contributed by atoms with Crippen LogP contribution in [0.3, 0.4) is 0 Å². The molecule has 0 radical (unpaired) electrons. The van der Waals surface area contributed by atoms with Gasteiger partial charge in [-0.1, -0.05) is 23.7 Å². The van der Waals surface area contributed by atoms with Crippen LogP contribution in [0, 0.1) is 0 Å². The molecule has 0 saturated carbocycles. The lowest BCUT2D eigenvalue weighted by Gasteiger charge is -2.17. The van der Waals surface area contributed by atoms with Gasteiger partial charge in [0.1, 0.15) is 4.90 Å². The van der Waals surface area contributed by atoms with E-state index in [-0.39, 0.29) is 26.7 Å². The van der Waals surface area contributed by atoms with Crippen molar-refractivity contribution in [2.75, 3.05) is 25.5 Å². The zero-order chi connectivity index (χ0) is 20.3. The number of ether oxygens (including phenoxy) is 1. The zero-order valence-electron chi connectivity index (χ0n) is 15.1. The van der Waals surface area contributed by atoms with Crippen LogP contribution >= 0.6 is 11.6 Å². The summed E-state index contributed by atoms with van der Waals surface area (Å²) in [6.45, 7) is 0.864. The fourth-order valence-corrected chi connectivity index (χ4v) is 5.00. The van der Waals surface area contributed by atoms with Crippen LogP contribution in [0.25, 0.3) is 0 Å². The molecule has 0 aromatic heterocycles. The number of hydrogen-bond acceptors (Lipinski definition) is 5. The first kappa shape index (κ1) is 20.3. The molecule has 1 heterocycles. The number of carbonyl (C=O) groups is 2. The number of para-hydroxylation sites is 1. The molecule has 1 amide bonds. The van der Waals surface area contributed by atoms with E-state index in [9.17, 15) is 18.0 Å². The third-order valence-electron chi connectivity index (χ3n) is 4.46. The van der Waals surface area contributed by atoms with Crippen LogP contribution in [0.5, 0.6) is 0 Å². The molecule has 0 bridgehead atoms. The number of anilines is 1. The number of amides is 1. The molecule has 1 N–H and O–H groups in total. The third-order valence-corrected chi connectivity index (χ3v) is 6.84. The molecule has 7 nitrogen and oxygen atoms in total. The molecule has 2 aromatic carbocycles. The van der Waals surface area contributed by atoms with Crippen molar-refractivity contribution in [3.8, 4) is 0 Å². The molecule has 0 unspecified atom stereocenters. The summed E-state index contributed by atoms with van der Waals surface area (Å²) in [7, 11) is -2.53. The molecule has 9 heteroatoms. The van der Waals surface area contributed by atoms with E-state index >= 15 is 0 Å². The van der Waals surface area contributed by atoms with Gasteiger partial charge in [-0.05, 0) is 43.2 Å². The van der Waals surface area contributed by atoms with E-state index in [4.69, 9.17) is 16.3 Å². The van der Waals surface area contributed by atoms with Crippen molar-refractivity contribution in [2.24, 2.45) is 0 Å². The number of halogens is 1. The minimum absolute atomic E-state index is 0.0541. The second kappa shape index (κ2) is 8.30. The van der Waals surface area contributed by atoms with Gasteiger partial charge in [-0.25, -0.2) is 13.2 Å². The molecule has 0 atom stereocenters. The molecule has 1 fully saturated rings. The molecule has 3 rings (SSSR count). The number of rotatable bonds is 5. The van der Waals surface area contributed by atoms with Crippen LogP contribution in [0.4, 0.5) is 5.69 Å². The zero-order valence-corrected chi connectivity index (χ0v) is 16.7. The number of esters is 1. The Bertz CT molecular complexity index is 1020. The predicted molar refractivity (Wildman–Crippen MR) is 105 cm³/mol. The average molecular weight is 423 g/mol. The fraction of sp³-hybridized carbons (Fsp3) is 0.263. The average Bonchev–Trinajstić information content (AvgIpc) is 3.23. The van der Waals surface area contributed by atoms with Gasteiger partial charge in [0.2, 0.25) is 10.0 Å². The maximum absolute atomic E-state index is 12.8. The number of sulfonamides is 1. The van der Waals surface area contributed by atoms with Crippen molar-refractivity contribution >= 4 is 39.2 Å². The topological polar surface area (TPSA) is 92.8 Å². The van der Waals surface area contributed by atoms with Crippen molar-refractivity contribution in [3.63, 3.8) is 0 Å². The van der Waals surface area contributed by atoms with Crippen molar-refractivity contribution in [1.29, 1.82) is 0 Å². The maximum Gasteiger partial charge on any atom is 0.339 e. The summed E-state index contributed by atoms with van der Waals surface area (Å²) in [5.41, 5.74) is 0.567. The number of nitrogens with zero attached hydrogens (tertiary/aromatic N) is 1. The summed E-state index contributed by atoms with van der Waals surface area (Å²) in [5.74, 6) is -1.16. The first-order valence-corrected chi connectivity index (χ1v) is 10.4. The van der Waals surface area contributed by atoms with Gasteiger partial charge in [-0.3, -0.25) is 4.79 Å². The summed E-state index contributed by atoms with van der Waals surface area (Å²) >= 11 is 6.11. The van der Waals surface area contributed by atoms with Crippen molar-refractivity contribution < 1.29 is 22.7 Å². The quantitative estimate of drug-likeness (QED) is 0.747. The number of benzene rings is 2. The molecule has 2 aromatic rings. The van der Waals surface area contributed by atoms with E-state index in [1.165, 1.54) is 35.7 Å². The Kier molecular flexibility index (Phi) is 6.02. The molecule has 148 valence electrons. The predicted octanol–water partition coefficient (Wildman–Crippen LogP) is 3.16. The first-order chi connectivity index (χ1) is 13.3. The molecular formula is C19H19ClN2O5S. The Labute approximate surface area is 168 Å². The smallest absolute Gasteiger partial charge is 0.339 e. The Morgan fingerprint density at radius 3 is 2.46 bits per heavy atom. The SMILES string of the molecule is COC(=O)c1ccccc1NC(=O)c1ccc(Cl)c(S(=O)(=O)N2CCCC2)c1. The molecule has 1 aliphatic heterocycles. The van der Waals surface area contributed by atoms with E-state index in [2.05, 4.69) is 5.32 Å². The highest BCUT2D eigenvalue weighted by Gasteiger charge is 2.30. The monoisotopic (exact) mass is 422 g/mol. The minimum Gasteiger partial charge on any atom is -0.465 e. The van der Waals surface area contributed by atoms with E-state index < -0.39 is 21.9 Å². The van der Waals surface area contributed by atoms with Crippen LogP contribution in [-0.2, 0) is 14.8 Å². The normalized spacial score (nSPS) is 14.6. The van der Waals surface area contributed by atoms with Crippen molar-refractivity contribution in [3.05, 3.63) is 58.6 Å².